The molecule has 0 bridgehead atoms. The fourth-order valence-electron chi connectivity index (χ4n) is 2.57. The molecular weight excluding hydrogens is 302 g/mol. The molecule has 1 aromatic carbocycles. The van der Waals surface area contributed by atoms with E-state index < -0.39 is 0 Å². The van der Waals surface area contributed by atoms with Crippen LogP contribution in [0.3, 0.4) is 0 Å². The van der Waals surface area contributed by atoms with Crippen molar-refractivity contribution in [2.45, 2.75) is 13.5 Å². The number of nitrogens with zero attached hydrogens (tertiary/aromatic N) is 2. The SMILES string of the molecule is Cc1nn(-c2ccccc2)c(Cl)c1CNCC1(CO)COC1. The molecule has 0 spiro atoms. The second kappa shape index (κ2) is 6.38. The molecule has 118 valence electrons. The Morgan fingerprint density at radius 2 is 2.09 bits per heavy atom. The van der Waals surface area contributed by atoms with Gasteiger partial charge in [0.25, 0.3) is 0 Å². The molecule has 1 aliphatic rings. The van der Waals surface area contributed by atoms with Crippen LogP contribution in [0, 0.1) is 12.3 Å². The van der Waals surface area contributed by atoms with Crippen LogP contribution < -0.4 is 5.32 Å². The van der Waals surface area contributed by atoms with E-state index in [0.717, 1.165) is 16.9 Å². The Morgan fingerprint density at radius 3 is 2.68 bits per heavy atom. The van der Waals surface area contributed by atoms with E-state index in [2.05, 4.69) is 10.4 Å². The molecule has 1 fully saturated rings. The van der Waals surface area contributed by atoms with Crippen molar-refractivity contribution in [3.05, 3.63) is 46.7 Å². The Labute approximate surface area is 134 Å². The van der Waals surface area contributed by atoms with Crippen LogP contribution in [-0.4, -0.2) is 41.3 Å². The molecule has 0 atom stereocenters. The molecule has 3 rings (SSSR count). The quantitative estimate of drug-likeness (QED) is 0.853. The molecule has 0 amide bonds. The molecule has 0 radical (unpaired) electrons. The van der Waals surface area contributed by atoms with Gasteiger partial charge >= 0.3 is 0 Å². The van der Waals surface area contributed by atoms with Crippen LogP contribution in [0.5, 0.6) is 0 Å². The highest BCUT2D eigenvalue weighted by Crippen LogP contribution is 2.27. The molecular formula is C16H20ClN3O2. The number of aryl methyl sites for hydroxylation is 1. The molecule has 0 unspecified atom stereocenters. The Hall–Kier alpha value is -1.40. The van der Waals surface area contributed by atoms with Crippen LogP contribution in [0.2, 0.25) is 5.15 Å². The lowest BCUT2D eigenvalue weighted by molar-refractivity contribution is -0.134. The first-order valence-electron chi connectivity index (χ1n) is 7.34. The summed E-state index contributed by atoms with van der Waals surface area (Å²) in [6, 6.07) is 9.83. The van der Waals surface area contributed by atoms with Crippen molar-refractivity contribution in [3.63, 3.8) is 0 Å². The van der Waals surface area contributed by atoms with Crippen molar-refractivity contribution < 1.29 is 9.84 Å². The number of aromatic nitrogens is 2. The Morgan fingerprint density at radius 1 is 1.36 bits per heavy atom. The lowest BCUT2D eigenvalue weighted by atomic mass is 9.87. The van der Waals surface area contributed by atoms with Crippen LogP contribution in [0.1, 0.15) is 11.3 Å². The average Bonchev–Trinajstić information content (AvgIpc) is 2.78. The van der Waals surface area contributed by atoms with Gasteiger partial charge in [-0.15, -0.1) is 0 Å². The van der Waals surface area contributed by atoms with E-state index in [0.29, 0.717) is 31.5 Å². The van der Waals surface area contributed by atoms with Gasteiger partial charge in [-0.25, -0.2) is 4.68 Å². The van der Waals surface area contributed by atoms with E-state index in [4.69, 9.17) is 16.3 Å². The van der Waals surface area contributed by atoms with Crippen LogP contribution in [0.25, 0.3) is 5.69 Å². The van der Waals surface area contributed by atoms with Gasteiger partial charge in [0.1, 0.15) is 5.15 Å². The normalized spacial score (nSPS) is 16.5. The fourth-order valence-corrected chi connectivity index (χ4v) is 2.90. The number of benzene rings is 1. The summed E-state index contributed by atoms with van der Waals surface area (Å²) in [5.74, 6) is 0. The van der Waals surface area contributed by atoms with E-state index >= 15 is 0 Å². The van der Waals surface area contributed by atoms with Crippen LogP contribution >= 0.6 is 11.6 Å². The molecule has 1 aromatic heterocycles. The second-order valence-corrected chi connectivity index (χ2v) is 6.21. The minimum Gasteiger partial charge on any atom is -0.396 e. The van der Waals surface area contributed by atoms with Crippen molar-refractivity contribution in [1.29, 1.82) is 0 Å². The lowest BCUT2D eigenvalue weighted by Gasteiger charge is -2.40. The highest BCUT2D eigenvalue weighted by Gasteiger charge is 2.37. The van der Waals surface area contributed by atoms with Gasteiger partial charge in [-0.1, -0.05) is 29.8 Å². The molecule has 5 nitrogen and oxygen atoms in total. The van der Waals surface area contributed by atoms with Gasteiger partial charge in [0.2, 0.25) is 0 Å². The van der Waals surface area contributed by atoms with E-state index in [1.807, 2.05) is 37.3 Å². The first kappa shape index (κ1) is 15.5. The molecule has 1 aliphatic heterocycles. The van der Waals surface area contributed by atoms with Crippen molar-refractivity contribution in [2.75, 3.05) is 26.4 Å². The summed E-state index contributed by atoms with van der Waals surface area (Å²) in [7, 11) is 0. The number of hydrogen-bond donors (Lipinski definition) is 2. The van der Waals surface area contributed by atoms with Gasteiger partial charge in [0.05, 0.1) is 36.6 Å². The number of rotatable bonds is 6. The maximum Gasteiger partial charge on any atom is 0.137 e. The summed E-state index contributed by atoms with van der Waals surface area (Å²) in [5, 5.41) is 17.9. The zero-order valence-corrected chi connectivity index (χ0v) is 13.3. The van der Waals surface area contributed by atoms with Crippen molar-refractivity contribution in [2.24, 2.45) is 5.41 Å². The zero-order chi connectivity index (χ0) is 15.6. The summed E-state index contributed by atoms with van der Waals surface area (Å²) in [4.78, 5) is 0. The Balaban J connectivity index is 1.71. The fraction of sp³-hybridized carbons (Fsp3) is 0.438. The highest BCUT2D eigenvalue weighted by atomic mass is 35.5. The molecule has 2 aromatic rings. The van der Waals surface area contributed by atoms with E-state index in [-0.39, 0.29) is 12.0 Å². The highest BCUT2D eigenvalue weighted by molar-refractivity contribution is 6.30. The third kappa shape index (κ3) is 2.90. The average molecular weight is 322 g/mol. The minimum atomic E-state index is -0.143. The predicted octanol–water partition coefficient (Wildman–Crippen LogP) is 1.93. The monoisotopic (exact) mass is 321 g/mol. The van der Waals surface area contributed by atoms with E-state index in [1.165, 1.54) is 0 Å². The van der Waals surface area contributed by atoms with Crippen LogP contribution in [0.4, 0.5) is 0 Å². The first-order chi connectivity index (χ1) is 10.7. The number of nitrogens with one attached hydrogen (secondary N) is 1. The van der Waals surface area contributed by atoms with Gasteiger partial charge in [-0.05, 0) is 19.1 Å². The second-order valence-electron chi connectivity index (χ2n) is 5.86. The summed E-state index contributed by atoms with van der Waals surface area (Å²) >= 11 is 6.48. The lowest BCUT2D eigenvalue weighted by Crippen LogP contribution is -2.52. The Bertz CT molecular complexity index is 633. The zero-order valence-electron chi connectivity index (χ0n) is 12.6. The topological polar surface area (TPSA) is 59.3 Å². The molecule has 22 heavy (non-hydrogen) atoms. The maximum absolute atomic E-state index is 9.43. The van der Waals surface area contributed by atoms with E-state index in [1.54, 1.807) is 4.68 Å². The predicted molar refractivity (Wildman–Crippen MR) is 85.4 cm³/mol. The first-order valence-corrected chi connectivity index (χ1v) is 7.72. The molecule has 1 saturated heterocycles. The summed E-state index contributed by atoms with van der Waals surface area (Å²) in [6.45, 7) is 4.63. The summed E-state index contributed by atoms with van der Waals surface area (Å²) in [5.41, 5.74) is 2.69. The summed E-state index contributed by atoms with van der Waals surface area (Å²) < 4.78 is 6.95. The van der Waals surface area contributed by atoms with Crippen LogP contribution in [0.15, 0.2) is 30.3 Å². The minimum absolute atomic E-state index is 0.135. The molecule has 0 aliphatic carbocycles. The molecule has 2 heterocycles. The van der Waals surface area contributed by atoms with E-state index in [9.17, 15) is 5.11 Å². The van der Waals surface area contributed by atoms with Crippen molar-refractivity contribution >= 4 is 11.6 Å². The number of aliphatic hydroxyl groups excluding tert-OH is 1. The largest absolute Gasteiger partial charge is 0.396 e. The van der Waals surface area contributed by atoms with Gasteiger partial charge in [0, 0.05) is 18.7 Å². The molecule has 6 heteroatoms. The van der Waals surface area contributed by atoms with Gasteiger partial charge in [-0.3, -0.25) is 0 Å². The number of aliphatic hydroxyl groups is 1. The molecule has 2 N–H and O–H groups in total. The standard InChI is InChI=1S/C16H20ClN3O2/c1-12-14(7-18-8-16(9-21)10-22-11-16)15(17)20(19-12)13-5-3-2-4-6-13/h2-6,18,21H,7-11H2,1H3. The number of halogens is 1. The third-order valence-electron chi connectivity index (χ3n) is 4.08. The maximum atomic E-state index is 9.43. The van der Waals surface area contributed by atoms with Gasteiger partial charge in [0.15, 0.2) is 0 Å². The number of ether oxygens (including phenoxy) is 1. The number of hydrogen-bond acceptors (Lipinski definition) is 4. The third-order valence-corrected chi connectivity index (χ3v) is 4.46. The van der Waals surface area contributed by atoms with Crippen LogP contribution in [-0.2, 0) is 11.3 Å². The smallest absolute Gasteiger partial charge is 0.137 e. The van der Waals surface area contributed by atoms with Gasteiger partial charge in [-0.2, -0.15) is 5.10 Å². The van der Waals surface area contributed by atoms with Crippen molar-refractivity contribution in [1.82, 2.24) is 15.1 Å². The summed E-state index contributed by atoms with van der Waals surface area (Å²) in [6.07, 6.45) is 0. The van der Waals surface area contributed by atoms with Crippen molar-refractivity contribution in [3.8, 4) is 5.69 Å². The van der Waals surface area contributed by atoms with Gasteiger partial charge < -0.3 is 15.2 Å². The molecule has 0 saturated carbocycles. The number of para-hydroxylation sites is 1. The Kier molecular flexibility index (Phi) is 4.49.